The first-order valence-corrected chi connectivity index (χ1v) is 4.22. The molecule has 60 valence electrons. The fraction of sp³-hybridized carbons (Fsp3) is 1.00. The molecular formula is C8H18N2. The van der Waals surface area contributed by atoms with Crippen LogP contribution in [0.5, 0.6) is 0 Å². The van der Waals surface area contributed by atoms with Crippen molar-refractivity contribution in [2.45, 2.75) is 20.8 Å². The molecule has 0 radical (unpaired) electrons. The third-order valence-corrected chi connectivity index (χ3v) is 2.36. The van der Waals surface area contributed by atoms with Crippen molar-refractivity contribution in [1.29, 1.82) is 0 Å². The minimum absolute atomic E-state index is 0.823. The van der Waals surface area contributed by atoms with Gasteiger partial charge in [-0.1, -0.05) is 20.8 Å². The van der Waals surface area contributed by atoms with Crippen LogP contribution in [0.15, 0.2) is 0 Å². The Balaban J connectivity index is 2.28. The van der Waals surface area contributed by atoms with Gasteiger partial charge in [0.15, 0.2) is 0 Å². The maximum absolute atomic E-state index is 3.37. The van der Waals surface area contributed by atoms with Crippen LogP contribution in [0.1, 0.15) is 20.8 Å². The van der Waals surface area contributed by atoms with Gasteiger partial charge in [0.05, 0.1) is 0 Å². The summed E-state index contributed by atoms with van der Waals surface area (Å²) in [5, 5.41) is 2.30. The van der Waals surface area contributed by atoms with Gasteiger partial charge in [0.1, 0.15) is 0 Å². The quantitative estimate of drug-likeness (QED) is 0.621. The van der Waals surface area contributed by atoms with Gasteiger partial charge in [0.25, 0.3) is 0 Å². The molecular weight excluding hydrogens is 124 g/mol. The summed E-state index contributed by atoms with van der Waals surface area (Å²) in [6.45, 7) is 10.3. The lowest BCUT2D eigenvalue weighted by atomic mass is 9.97. The molecule has 0 aromatic carbocycles. The van der Waals surface area contributed by atoms with Crippen molar-refractivity contribution in [1.82, 2.24) is 10.4 Å². The maximum Gasteiger partial charge on any atom is 0.0174 e. The Kier molecular flexibility index (Phi) is 2.69. The topological polar surface area (TPSA) is 15.3 Å². The minimum Gasteiger partial charge on any atom is -0.255 e. The first kappa shape index (κ1) is 8.02. The standard InChI is InChI=1S/C8H18N2/c1-4-10-6-8(5-9-10)7(2)3/h7-9H,4-6H2,1-3H3. The summed E-state index contributed by atoms with van der Waals surface area (Å²) >= 11 is 0. The van der Waals surface area contributed by atoms with Crippen molar-refractivity contribution in [2.75, 3.05) is 19.6 Å². The predicted molar refractivity (Wildman–Crippen MR) is 43.6 cm³/mol. The fourth-order valence-electron chi connectivity index (χ4n) is 1.35. The second kappa shape index (κ2) is 3.35. The second-order valence-corrected chi connectivity index (χ2v) is 3.40. The third-order valence-electron chi connectivity index (χ3n) is 2.36. The molecule has 1 aliphatic heterocycles. The molecule has 2 nitrogen and oxygen atoms in total. The van der Waals surface area contributed by atoms with E-state index in [9.17, 15) is 0 Å². The molecule has 0 spiro atoms. The second-order valence-electron chi connectivity index (χ2n) is 3.40. The highest BCUT2D eigenvalue weighted by molar-refractivity contribution is 4.74. The van der Waals surface area contributed by atoms with Gasteiger partial charge in [-0.3, -0.25) is 5.43 Å². The van der Waals surface area contributed by atoms with E-state index in [4.69, 9.17) is 0 Å². The van der Waals surface area contributed by atoms with Crippen LogP contribution < -0.4 is 5.43 Å². The molecule has 0 saturated carbocycles. The first-order valence-electron chi connectivity index (χ1n) is 4.22. The van der Waals surface area contributed by atoms with E-state index in [1.165, 1.54) is 13.1 Å². The van der Waals surface area contributed by atoms with Gasteiger partial charge in [-0.25, -0.2) is 5.01 Å². The zero-order chi connectivity index (χ0) is 7.56. The predicted octanol–water partition coefficient (Wildman–Crippen LogP) is 1.10. The highest BCUT2D eigenvalue weighted by atomic mass is 15.5. The molecule has 1 fully saturated rings. The zero-order valence-electron chi connectivity index (χ0n) is 7.22. The summed E-state index contributed by atoms with van der Waals surface area (Å²) in [7, 11) is 0. The molecule has 1 aliphatic rings. The average molecular weight is 142 g/mol. The Bertz CT molecular complexity index is 101. The number of hydrazine groups is 1. The molecule has 0 aromatic heterocycles. The van der Waals surface area contributed by atoms with Crippen molar-refractivity contribution >= 4 is 0 Å². The van der Waals surface area contributed by atoms with Gasteiger partial charge in [-0.2, -0.15) is 0 Å². The Morgan fingerprint density at radius 2 is 2.30 bits per heavy atom. The molecule has 1 N–H and O–H groups in total. The van der Waals surface area contributed by atoms with Gasteiger partial charge in [0, 0.05) is 19.6 Å². The Hall–Kier alpha value is -0.0800. The summed E-state index contributed by atoms with van der Waals surface area (Å²) in [5.41, 5.74) is 3.37. The smallest absolute Gasteiger partial charge is 0.0174 e. The molecule has 1 heterocycles. The van der Waals surface area contributed by atoms with Crippen LogP contribution in [0, 0.1) is 11.8 Å². The molecule has 1 atom stereocenters. The van der Waals surface area contributed by atoms with E-state index in [-0.39, 0.29) is 0 Å². The lowest BCUT2D eigenvalue weighted by molar-refractivity contribution is 0.256. The van der Waals surface area contributed by atoms with Gasteiger partial charge in [-0.15, -0.1) is 0 Å². The third kappa shape index (κ3) is 1.70. The summed E-state index contributed by atoms with van der Waals surface area (Å²) < 4.78 is 0. The lowest BCUT2D eigenvalue weighted by Gasteiger charge is -2.13. The van der Waals surface area contributed by atoms with Crippen molar-refractivity contribution < 1.29 is 0 Å². The lowest BCUT2D eigenvalue weighted by Crippen LogP contribution is -2.30. The van der Waals surface area contributed by atoms with E-state index in [0.717, 1.165) is 18.4 Å². The molecule has 1 unspecified atom stereocenters. The number of nitrogens with one attached hydrogen (secondary N) is 1. The molecule has 0 aromatic rings. The normalized spacial score (nSPS) is 28.2. The maximum atomic E-state index is 3.37. The minimum atomic E-state index is 0.823. The van der Waals surface area contributed by atoms with Gasteiger partial charge in [0.2, 0.25) is 0 Å². The molecule has 0 aliphatic carbocycles. The van der Waals surface area contributed by atoms with Gasteiger partial charge >= 0.3 is 0 Å². The van der Waals surface area contributed by atoms with Crippen molar-refractivity contribution in [3.63, 3.8) is 0 Å². The summed E-state index contributed by atoms with van der Waals surface area (Å²) in [5.74, 6) is 1.68. The highest BCUT2D eigenvalue weighted by Crippen LogP contribution is 2.15. The average Bonchev–Trinajstić information content (AvgIpc) is 2.34. The van der Waals surface area contributed by atoms with Crippen LogP contribution in [-0.2, 0) is 0 Å². The molecule has 1 saturated heterocycles. The van der Waals surface area contributed by atoms with Crippen molar-refractivity contribution in [3.05, 3.63) is 0 Å². The molecule has 0 bridgehead atoms. The monoisotopic (exact) mass is 142 g/mol. The number of rotatable bonds is 2. The SMILES string of the molecule is CCN1CC(C(C)C)CN1. The summed E-state index contributed by atoms with van der Waals surface area (Å²) in [6.07, 6.45) is 0. The number of hydrogen-bond acceptors (Lipinski definition) is 2. The van der Waals surface area contributed by atoms with Gasteiger partial charge < -0.3 is 0 Å². The van der Waals surface area contributed by atoms with E-state index < -0.39 is 0 Å². The molecule has 10 heavy (non-hydrogen) atoms. The Morgan fingerprint density at radius 3 is 2.60 bits per heavy atom. The van der Waals surface area contributed by atoms with Crippen LogP contribution in [0.3, 0.4) is 0 Å². The van der Waals surface area contributed by atoms with E-state index in [1.54, 1.807) is 0 Å². The van der Waals surface area contributed by atoms with Crippen LogP contribution in [0.4, 0.5) is 0 Å². The van der Waals surface area contributed by atoms with Crippen LogP contribution >= 0.6 is 0 Å². The van der Waals surface area contributed by atoms with Gasteiger partial charge in [-0.05, 0) is 11.8 Å². The molecule has 0 amide bonds. The van der Waals surface area contributed by atoms with E-state index in [0.29, 0.717) is 0 Å². The van der Waals surface area contributed by atoms with Crippen molar-refractivity contribution in [2.24, 2.45) is 11.8 Å². The first-order chi connectivity index (χ1) is 4.74. The summed E-state index contributed by atoms with van der Waals surface area (Å²) in [6, 6.07) is 0. The zero-order valence-corrected chi connectivity index (χ0v) is 7.22. The Morgan fingerprint density at radius 1 is 1.60 bits per heavy atom. The Labute approximate surface area is 63.6 Å². The largest absolute Gasteiger partial charge is 0.255 e. The van der Waals surface area contributed by atoms with E-state index >= 15 is 0 Å². The van der Waals surface area contributed by atoms with Crippen LogP contribution in [0.25, 0.3) is 0 Å². The highest BCUT2D eigenvalue weighted by Gasteiger charge is 2.22. The van der Waals surface area contributed by atoms with E-state index in [2.05, 4.69) is 31.2 Å². The summed E-state index contributed by atoms with van der Waals surface area (Å²) in [4.78, 5) is 0. The molecule has 2 heteroatoms. The van der Waals surface area contributed by atoms with Crippen LogP contribution in [0.2, 0.25) is 0 Å². The van der Waals surface area contributed by atoms with Crippen molar-refractivity contribution in [3.8, 4) is 0 Å². The number of hydrogen-bond donors (Lipinski definition) is 1. The molecule has 1 rings (SSSR count). The van der Waals surface area contributed by atoms with Crippen LogP contribution in [-0.4, -0.2) is 24.6 Å². The fourth-order valence-corrected chi connectivity index (χ4v) is 1.35. The number of nitrogens with zero attached hydrogens (tertiary/aromatic N) is 1. The van der Waals surface area contributed by atoms with E-state index in [1.807, 2.05) is 0 Å².